The topological polar surface area (TPSA) is 93.2 Å². The zero-order valence-electron chi connectivity index (χ0n) is 14.6. The summed E-state index contributed by atoms with van der Waals surface area (Å²) in [5.41, 5.74) is -5.55. The van der Waals surface area contributed by atoms with Crippen molar-refractivity contribution in [2.75, 3.05) is 12.4 Å². The van der Waals surface area contributed by atoms with Crippen LogP contribution in [-0.4, -0.2) is 49.3 Å². The lowest BCUT2D eigenvalue weighted by atomic mass is 9.97. The molecule has 1 aliphatic rings. The fourth-order valence-electron chi connectivity index (χ4n) is 2.95. The van der Waals surface area contributed by atoms with E-state index in [9.17, 15) is 39.6 Å². The monoisotopic (exact) mass is 458 g/mol. The summed E-state index contributed by atoms with van der Waals surface area (Å²) in [6, 6.07) is 7.97. The molecule has 0 aromatic heterocycles. The van der Waals surface area contributed by atoms with Gasteiger partial charge in [0.2, 0.25) is 0 Å². The van der Waals surface area contributed by atoms with Crippen LogP contribution >= 0.6 is 0 Å². The summed E-state index contributed by atoms with van der Waals surface area (Å²) in [6.45, 7) is 0.355. The third kappa shape index (κ3) is 4.09. The number of carbonyl (C=O) groups excluding carboxylic acids is 1. The van der Waals surface area contributed by atoms with E-state index >= 15 is 0 Å². The number of rotatable bonds is 5. The van der Waals surface area contributed by atoms with Crippen molar-refractivity contribution >= 4 is 26.9 Å². The van der Waals surface area contributed by atoms with Gasteiger partial charge < -0.3 is 9.47 Å². The van der Waals surface area contributed by atoms with E-state index in [1.54, 1.807) is 0 Å². The van der Waals surface area contributed by atoms with Gasteiger partial charge in [-0.2, -0.15) is 34.8 Å². The molecule has 164 valence electrons. The molecule has 2 aromatic rings. The van der Waals surface area contributed by atoms with Gasteiger partial charge in [0.25, 0.3) is 10.1 Å². The molecule has 0 aliphatic carbocycles. The molecule has 1 N–H and O–H groups in total. The zero-order chi connectivity index (χ0) is 22.5. The lowest BCUT2D eigenvalue weighted by molar-refractivity contribution is -0.356. The van der Waals surface area contributed by atoms with E-state index in [2.05, 4.69) is 4.74 Å². The van der Waals surface area contributed by atoms with Gasteiger partial charge in [-0.05, 0) is 22.4 Å². The summed E-state index contributed by atoms with van der Waals surface area (Å²) in [4.78, 5) is 12.4. The third-order valence-corrected chi connectivity index (χ3v) is 5.20. The maximum absolute atomic E-state index is 13.4. The number of hydrogen-bond donors (Lipinski definition) is 1. The minimum absolute atomic E-state index is 0.0133. The van der Waals surface area contributed by atoms with Gasteiger partial charge in [0.05, 0.1) is 12.2 Å². The number of epoxide rings is 1. The average Bonchev–Trinajstić information content (AvgIpc) is 3.41. The first-order valence-electron chi connectivity index (χ1n) is 8.11. The lowest BCUT2D eigenvalue weighted by Crippen LogP contribution is -2.63. The minimum Gasteiger partial charge on any atom is -0.435 e. The molecule has 1 unspecified atom stereocenters. The molecule has 1 atom stereocenters. The molecule has 13 heteroatoms. The second kappa shape index (κ2) is 7.10. The number of carbonyl (C=O) groups is 1. The normalized spacial score (nSPS) is 17.8. The van der Waals surface area contributed by atoms with Gasteiger partial charge in [-0.25, -0.2) is 4.79 Å². The Balaban J connectivity index is 2.12. The fraction of sp³-hybridized carbons (Fsp3) is 0.353. The molecule has 0 bridgehead atoms. The van der Waals surface area contributed by atoms with E-state index in [4.69, 9.17) is 9.29 Å². The number of benzene rings is 2. The van der Waals surface area contributed by atoms with Gasteiger partial charge >= 0.3 is 23.9 Å². The summed E-state index contributed by atoms with van der Waals surface area (Å²) in [5.74, 6) is -5.00. The molecular weight excluding hydrogens is 446 g/mol. The van der Waals surface area contributed by atoms with Crippen LogP contribution in [0.4, 0.5) is 26.3 Å². The Morgan fingerprint density at radius 3 is 2.03 bits per heavy atom. The van der Waals surface area contributed by atoms with Crippen molar-refractivity contribution in [1.82, 2.24) is 0 Å². The number of hydrogen-bond acceptors (Lipinski definition) is 5. The summed E-state index contributed by atoms with van der Waals surface area (Å²) < 4.78 is 120. The van der Waals surface area contributed by atoms with Gasteiger partial charge in [0.1, 0.15) is 11.9 Å². The van der Waals surface area contributed by atoms with Crippen molar-refractivity contribution in [3.8, 4) is 0 Å². The SMILES string of the molecule is O=C(OC(CS(=O)(=O)O)(C(F)(F)F)C(F)(F)F)c1ccc(C2CO2)c2ccccc12. The van der Waals surface area contributed by atoms with Crippen molar-refractivity contribution < 1.29 is 53.6 Å². The molecule has 1 aliphatic heterocycles. The lowest BCUT2D eigenvalue weighted by Gasteiger charge is -2.35. The van der Waals surface area contributed by atoms with Crippen LogP contribution in [0.1, 0.15) is 22.0 Å². The van der Waals surface area contributed by atoms with Gasteiger partial charge in [-0.3, -0.25) is 4.55 Å². The van der Waals surface area contributed by atoms with Crippen molar-refractivity contribution in [2.24, 2.45) is 0 Å². The number of ether oxygens (including phenoxy) is 2. The predicted octanol–water partition coefficient (Wildman–Crippen LogP) is 3.82. The highest BCUT2D eigenvalue weighted by molar-refractivity contribution is 7.85. The Morgan fingerprint density at radius 2 is 1.57 bits per heavy atom. The highest BCUT2D eigenvalue weighted by Crippen LogP contribution is 2.47. The second-order valence-corrected chi connectivity index (χ2v) is 7.96. The molecule has 0 amide bonds. The number of alkyl halides is 6. The van der Waals surface area contributed by atoms with Crippen LogP contribution in [0, 0.1) is 0 Å². The number of fused-ring (bicyclic) bond motifs is 1. The van der Waals surface area contributed by atoms with Crippen LogP contribution in [0.3, 0.4) is 0 Å². The van der Waals surface area contributed by atoms with Crippen LogP contribution in [0.5, 0.6) is 0 Å². The number of esters is 1. The summed E-state index contributed by atoms with van der Waals surface area (Å²) >= 11 is 0. The van der Waals surface area contributed by atoms with E-state index < -0.39 is 45.4 Å². The molecular formula is C17H12F6O6S. The molecule has 0 saturated carbocycles. The maximum Gasteiger partial charge on any atom is 0.438 e. The van der Waals surface area contributed by atoms with Crippen molar-refractivity contribution in [2.45, 2.75) is 24.1 Å². The standard InChI is InChI=1S/C17H12F6O6S/c18-16(19,20)15(17(21,22)23,8-30(25,26)27)29-14(24)12-6-5-11(13-7-28-13)9-3-1-2-4-10(9)12/h1-6,13H,7-8H2,(H,25,26,27). The van der Waals surface area contributed by atoms with E-state index in [0.29, 0.717) is 17.6 Å². The second-order valence-electron chi connectivity index (χ2n) is 6.51. The molecule has 1 heterocycles. The van der Waals surface area contributed by atoms with Crippen LogP contribution in [0.2, 0.25) is 0 Å². The molecule has 0 radical (unpaired) electrons. The van der Waals surface area contributed by atoms with E-state index in [1.165, 1.54) is 30.3 Å². The molecule has 0 spiro atoms. The molecule has 1 saturated heterocycles. The maximum atomic E-state index is 13.4. The van der Waals surface area contributed by atoms with Gasteiger partial charge in [0, 0.05) is 0 Å². The van der Waals surface area contributed by atoms with E-state index in [1.807, 2.05) is 0 Å². The minimum atomic E-state index is -6.39. The molecule has 3 rings (SSSR count). The van der Waals surface area contributed by atoms with Crippen LogP contribution in [0.15, 0.2) is 36.4 Å². The molecule has 1 fully saturated rings. The smallest absolute Gasteiger partial charge is 0.435 e. The van der Waals surface area contributed by atoms with E-state index in [-0.39, 0.29) is 11.5 Å². The van der Waals surface area contributed by atoms with Crippen molar-refractivity contribution in [3.05, 3.63) is 47.5 Å². The highest BCUT2D eigenvalue weighted by atomic mass is 32.2. The summed E-state index contributed by atoms with van der Waals surface area (Å²) in [5, 5.41) is 0.328. The largest absolute Gasteiger partial charge is 0.438 e. The van der Waals surface area contributed by atoms with Crippen LogP contribution in [0.25, 0.3) is 10.8 Å². The molecule has 6 nitrogen and oxygen atoms in total. The summed E-state index contributed by atoms with van der Waals surface area (Å²) in [7, 11) is -5.86. The Kier molecular flexibility index (Phi) is 5.28. The van der Waals surface area contributed by atoms with Crippen molar-refractivity contribution in [1.29, 1.82) is 0 Å². The van der Waals surface area contributed by atoms with Crippen LogP contribution < -0.4 is 0 Å². The van der Waals surface area contributed by atoms with Gasteiger partial charge in [0.15, 0.2) is 0 Å². The third-order valence-electron chi connectivity index (χ3n) is 4.43. The highest BCUT2D eigenvalue weighted by Gasteiger charge is 2.76. The Morgan fingerprint density at radius 1 is 1.03 bits per heavy atom. The quantitative estimate of drug-likeness (QED) is 0.317. The predicted molar refractivity (Wildman–Crippen MR) is 89.3 cm³/mol. The Hall–Kier alpha value is -2.38. The first-order chi connectivity index (χ1) is 13.7. The van der Waals surface area contributed by atoms with Crippen molar-refractivity contribution in [3.63, 3.8) is 0 Å². The Labute approximate surface area is 165 Å². The first kappa shape index (κ1) is 22.3. The fourth-order valence-corrected chi connectivity index (χ4v) is 3.85. The zero-order valence-corrected chi connectivity index (χ0v) is 15.4. The molecule has 30 heavy (non-hydrogen) atoms. The van der Waals surface area contributed by atoms with E-state index in [0.717, 1.165) is 6.07 Å². The molecule has 2 aromatic carbocycles. The number of halogens is 6. The average molecular weight is 458 g/mol. The first-order valence-corrected chi connectivity index (χ1v) is 9.72. The summed E-state index contributed by atoms with van der Waals surface area (Å²) in [6.07, 6.45) is -13.1. The Bertz CT molecular complexity index is 1070. The van der Waals surface area contributed by atoms with Crippen LogP contribution in [-0.2, 0) is 19.6 Å². The van der Waals surface area contributed by atoms with Gasteiger partial charge in [-0.1, -0.05) is 30.3 Å². The van der Waals surface area contributed by atoms with Gasteiger partial charge in [-0.15, -0.1) is 0 Å².